The summed E-state index contributed by atoms with van der Waals surface area (Å²) in [6, 6.07) is 8.01. The van der Waals surface area contributed by atoms with Gasteiger partial charge in [0.05, 0.1) is 6.42 Å². The molecule has 0 spiro atoms. The maximum atomic E-state index is 13.0. The van der Waals surface area contributed by atoms with Gasteiger partial charge in [-0.25, -0.2) is 19.3 Å². The van der Waals surface area contributed by atoms with Crippen LogP contribution in [-0.2, 0) is 18.3 Å². The van der Waals surface area contributed by atoms with Crippen molar-refractivity contribution in [3.8, 4) is 11.5 Å². The average molecular weight is 379 g/mol. The van der Waals surface area contributed by atoms with Crippen LogP contribution in [0.3, 0.4) is 0 Å². The van der Waals surface area contributed by atoms with Crippen LogP contribution in [0.5, 0.6) is 0 Å². The highest BCUT2D eigenvalue weighted by molar-refractivity contribution is 5.79. The molecule has 0 saturated carbocycles. The lowest BCUT2D eigenvalue weighted by Gasteiger charge is -2.17. The van der Waals surface area contributed by atoms with Crippen molar-refractivity contribution < 1.29 is 9.18 Å². The minimum atomic E-state index is -0.294. The quantitative estimate of drug-likeness (QED) is 0.699. The second kappa shape index (κ2) is 7.50. The number of aryl methyl sites for hydroxylation is 2. The highest BCUT2D eigenvalue weighted by Crippen LogP contribution is 2.27. The van der Waals surface area contributed by atoms with Gasteiger partial charge in [0.25, 0.3) is 0 Å². The molecule has 144 valence electrons. The maximum Gasteiger partial charge on any atom is 0.227 e. The minimum Gasteiger partial charge on any atom is -0.342 e. The largest absolute Gasteiger partial charge is 0.342 e. The van der Waals surface area contributed by atoms with Gasteiger partial charge in [0.2, 0.25) is 5.91 Å². The van der Waals surface area contributed by atoms with Gasteiger partial charge in [-0.1, -0.05) is 12.1 Å². The molecule has 3 aromatic rings. The molecule has 3 heterocycles. The molecule has 1 fully saturated rings. The standard InChI is InChI=1S/C21H22FN5O/c1-14-11-18(21-23-8-10-26(21)2)25-20(24-14)16-7-9-27(13-16)19(28)12-15-3-5-17(22)6-4-15/h3-6,8,10-11,16H,7,9,12-13H2,1-2H3. The van der Waals surface area contributed by atoms with E-state index in [2.05, 4.69) is 9.97 Å². The molecule has 28 heavy (non-hydrogen) atoms. The van der Waals surface area contributed by atoms with Gasteiger partial charge in [-0.05, 0) is 37.1 Å². The van der Waals surface area contributed by atoms with E-state index in [0.29, 0.717) is 13.1 Å². The molecule has 0 radical (unpaired) electrons. The van der Waals surface area contributed by atoms with E-state index in [1.165, 1.54) is 12.1 Å². The van der Waals surface area contributed by atoms with E-state index in [4.69, 9.17) is 4.98 Å². The molecular weight excluding hydrogens is 357 g/mol. The molecule has 1 unspecified atom stereocenters. The van der Waals surface area contributed by atoms with Crippen LogP contribution in [0.15, 0.2) is 42.7 Å². The van der Waals surface area contributed by atoms with Crippen molar-refractivity contribution >= 4 is 5.91 Å². The summed E-state index contributed by atoms with van der Waals surface area (Å²) >= 11 is 0. The van der Waals surface area contributed by atoms with E-state index in [1.807, 2.05) is 35.7 Å². The van der Waals surface area contributed by atoms with Gasteiger partial charge in [-0.15, -0.1) is 0 Å². The van der Waals surface area contributed by atoms with E-state index in [1.54, 1.807) is 18.3 Å². The molecule has 4 rings (SSSR count). The summed E-state index contributed by atoms with van der Waals surface area (Å²) in [5, 5.41) is 0. The van der Waals surface area contributed by atoms with E-state index < -0.39 is 0 Å². The summed E-state index contributed by atoms with van der Waals surface area (Å²) in [5.74, 6) is 1.42. The van der Waals surface area contributed by atoms with Crippen LogP contribution < -0.4 is 0 Å². The monoisotopic (exact) mass is 379 g/mol. The molecule has 1 amide bonds. The Morgan fingerprint density at radius 2 is 2.04 bits per heavy atom. The lowest BCUT2D eigenvalue weighted by atomic mass is 10.1. The zero-order valence-corrected chi connectivity index (χ0v) is 16.0. The van der Waals surface area contributed by atoms with Crippen molar-refractivity contribution in [2.75, 3.05) is 13.1 Å². The average Bonchev–Trinajstić information content (AvgIpc) is 3.32. The molecule has 1 atom stereocenters. The number of aromatic nitrogens is 4. The smallest absolute Gasteiger partial charge is 0.227 e. The highest BCUT2D eigenvalue weighted by Gasteiger charge is 2.29. The van der Waals surface area contributed by atoms with Crippen LogP contribution in [0.25, 0.3) is 11.5 Å². The van der Waals surface area contributed by atoms with Crippen LogP contribution >= 0.6 is 0 Å². The molecule has 0 aliphatic carbocycles. The minimum absolute atomic E-state index is 0.0473. The number of benzene rings is 1. The Labute approximate surface area is 163 Å². The number of rotatable bonds is 4. The van der Waals surface area contributed by atoms with Crippen molar-refractivity contribution in [3.05, 3.63) is 65.6 Å². The summed E-state index contributed by atoms with van der Waals surface area (Å²) < 4.78 is 15.0. The number of nitrogens with zero attached hydrogens (tertiary/aromatic N) is 5. The Morgan fingerprint density at radius 1 is 1.25 bits per heavy atom. The third kappa shape index (κ3) is 3.78. The highest BCUT2D eigenvalue weighted by atomic mass is 19.1. The summed E-state index contributed by atoms with van der Waals surface area (Å²) in [6.07, 6.45) is 4.74. The van der Waals surface area contributed by atoms with Crippen LogP contribution in [0.1, 0.15) is 29.4 Å². The third-order valence-corrected chi connectivity index (χ3v) is 5.10. The number of amides is 1. The van der Waals surface area contributed by atoms with Crippen molar-refractivity contribution in [2.24, 2.45) is 7.05 Å². The molecule has 1 aromatic carbocycles. The molecule has 6 nitrogen and oxygen atoms in total. The second-order valence-electron chi connectivity index (χ2n) is 7.24. The van der Waals surface area contributed by atoms with Gasteiger partial charge in [0.1, 0.15) is 17.3 Å². The first-order valence-electron chi connectivity index (χ1n) is 9.35. The zero-order chi connectivity index (χ0) is 19.7. The second-order valence-corrected chi connectivity index (χ2v) is 7.24. The summed E-state index contributed by atoms with van der Waals surface area (Å²) in [4.78, 5) is 28.2. The van der Waals surface area contributed by atoms with Gasteiger partial charge in [-0.2, -0.15) is 0 Å². The van der Waals surface area contributed by atoms with Crippen molar-refractivity contribution in [2.45, 2.75) is 25.7 Å². The fourth-order valence-electron chi connectivity index (χ4n) is 3.59. The Balaban J connectivity index is 1.48. The van der Waals surface area contributed by atoms with Gasteiger partial charge in [0.15, 0.2) is 5.82 Å². The lowest BCUT2D eigenvalue weighted by Crippen LogP contribution is -2.30. The van der Waals surface area contributed by atoms with Crippen LogP contribution in [0.2, 0.25) is 0 Å². The summed E-state index contributed by atoms with van der Waals surface area (Å²) in [5.41, 5.74) is 2.50. The molecule has 7 heteroatoms. The Kier molecular flexibility index (Phi) is 4.90. The Bertz CT molecular complexity index is 998. The number of carbonyl (C=O) groups is 1. The normalized spacial score (nSPS) is 16.5. The lowest BCUT2D eigenvalue weighted by molar-refractivity contribution is -0.129. The molecule has 1 aliphatic heterocycles. The van der Waals surface area contributed by atoms with Crippen LogP contribution in [0.4, 0.5) is 4.39 Å². The third-order valence-electron chi connectivity index (χ3n) is 5.10. The Hall–Kier alpha value is -3.09. The fourth-order valence-corrected chi connectivity index (χ4v) is 3.59. The van der Waals surface area contributed by atoms with Crippen molar-refractivity contribution in [3.63, 3.8) is 0 Å². The maximum absolute atomic E-state index is 13.0. The van der Waals surface area contributed by atoms with Crippen LogP contribution in [-0.4, -0.2) is 43.4 Å². The number of halogens is 1. The van der Waals surface area contributed by atoms with Crippen molar-refractivity contribution in [1.82, 2.24) is 24.4 Å². The molecular formula is C21H22FN5O. The SMILES string of the molecule is Cc1cc(-c2nccn2C)nc(C2CCN(C(=O)Cc3ccc(F)cc3)C2)n1. The number of hydrogen-bond acceptors (Lipinski definition) is 4. The first-order valence-corrected chi connectivity index (χ1v) is 9.35. The van der Waals surface area contributed by atoms with E-state index in [-0.39, 0.29) is 24.1 Å². The molecule has 0 N–H and O–H groups in total. The molecule has 1 saturated heterocycles. The number of imidazole rings is 1. The van der Waals surface area contributed by atoms with Gasteiger partial charge in [0, 0.05) is 44.1 Å². The van der Waals surface area contributed by atoms with Gasteiger partial charge >= 0.3 is 0 Å². The van der Waals surface area contributed by atoms with E-state index in [0.717, 1.165) is 35.0 Å². The van der Waals surface area contributed by atoms with E-state index >= 15 is 0 Å². The number of hydrogen-bond donors (Lipinski definition) is 0. The van der Waals surface area contributed by atoms with Gasteiger partial charge in [-0.3, -0.25) is 4.79 Å². The number of likely N-dealkylation sites (tertiary alicyclic amines) is 1. The Morgan fingerprint density at radius 3 is 2.75 bits per heavy atom. The number of carbonyl (C=O) groups excluding carboxylic acids is 1. The van der Waals surface area contributed by atoms with E-state index in [9.17, 15) is 9.18 Å². The predicted octanol–water partition coefficient (Wildman–Crippen LogP) is 2.88. The predicted molar refractivity (Wildman–Crippen MR) is 103 cm³/mol. The summed E-state index contributed by atoms with van der Waals surface area (Å²) in [7, 11) is 1.94. The zero-order valence-electron chi connectivity index (χ0n) is 16.0. The fraction of sp³-hybridized carbons (Fsp3) is 0.333. The summed E-state index contributed by atoms with van der Waals surface area (Å²) in [6.45, 7) is 3.23. The molecule has 2 aromatic heterocycles. The van der Waals surface area contributed by atoms with Gasteiger partial charge < -0.3 is 9.47 Å². The molecule has 1 aliphatic rings. The molecule has 0 bridgehead atoms. The first-order chi connectivity index (χ1) is 13.5. The first kappa shape index (κ1) is 18.3. The van der Waals surface area contributed by atoms with Crippen LogP contribution in [0, 0.1) is 12.7 Å². The van der Waals surface area contributed by atoms with Crippen molar-refractivity contribution in [1.29, 1.82) is 0 Å². The topological polar surface area (TPSA) is 63.9 Å².